The van der Waals surface area contributed by atoms with Gasteiger partial charge in [-0.05, 0) is 56.4 Å². The molecule has 2 aromatic rings. The minimum absolute atomic E-state index is 0. The second kappa shape index (κ2) is 8.09. The number of pyridine rings is 2. The van der Waals surface area contributed by atoms with Crippen molar-refractivity contribution in [3.8, 4) is 0 Å². The molecule has 1 aliphatic heterocycles. The lowest BCUT2D eigenvalue weighted by atomic mass is 10.1. The van der Waals surface area contributed by atoms with Crippen LogP contribution in [-0.2, 0) is 4.79 Å². The Labute approximate surface area is 167 Å². The van der Waals surface area contributed by atoms with Crippen molar-refractivity contribution >= 4 is 17.5 Å². The van der Waals surface area contributed by atoms with Crippen LogP contribution in [0.3, 0.4) is 0 Å². The zero-order chi connectivity index (χ0) is 19.5. The van der Waals surface area contributed by atoms with Crippen LogP contribution in [0.2, 0.25) is 0 Å². The molecule has 0 unspecified atom stereocenters. The van der Waals surface area contributed by atoms with Gasteiger partial charge in [0.1, 0.15) is 11.5 Å². The first-order chi connectivity index (χ1) is 13.6. The van der Waals surface area contributed by atoms with Gasteiger partial charge in [0.2, 0.25) is 11.7 Å². The molecule has 0 radical (unpaired) electrons. The second-order valence-corrected chi connectivity index (χ2v) is 7.72. The molecule has 2 fully saturated rings. The van der Waals surface area contributed by atoms with Crippen molar-refractivity contribution in [1.82, 2.24) is 14.9 Å². The van der Waals surface area contributed by atoms with Gasteiger partial charge in [0.15, 0.2) is 0 Å². The smallest absolute Gasteiger partial charge is 0.222 e. The van der Waals surface area contributed by atoms with E-state index < -0.39 is 0 Å². The molecule has 0 bridgehead atoms. The van der Waals surface area contributed by atoms with Crippen molar-refractivity contribution in [2.75, 3.05) is 31.1 Å². The van der Waals surface area contributed by atoms with E-state index in [0.717, 1.165) is 31.9 Å². The van der Waals surface area contributed by atoms with E-state index in [2.05, 4.69) is 14.9 Å². The Morgan fingerprint density at radius 2 is 1.96 bits per heavy atom. The molecule has 6 heteroatoms. The lowest BCUT2D eigenvalue weighted by Crippen LogP contribution is -2.35. The molecule has 3 heterocycles. The fraction of sp³-hybridized carbons (Fsp3) is 0.455. The molecule has 1 saturated carbocycles. The molecule has 28 heavy (non-hydrogen) atoms. The average molecular weight is 380 g/mol. The zero-order valence-electron chi connectivity index (χ0n) is 16.3. The standard InChI is InChI=1S/C22H26N4O2.H2/c1-16-18(5-3-10-23-16)22(28)19-6-2-7-20(24-19)25-11-4-12-26(14-13-25)21(27)15-17-8-9-17;/h2-3,5-7,10,17H,4,8-9,11-15H2,1H3;1H. The molecule has 0 spiro atoms. The van der Waals surface area contributed by atoms with E-state index in [4.69, 9.17) is 0 Å². The van der Waals surface area contributed by atoms with Crippen LogP contribution < -0.4 is 4.90 Å². The highest BCUT2D eigenvalue weighted by Crippen LogP contribution is 2.33. The van der Waals surface area contributed by atoms with Gasteiger partial charge < -0.3 is 9.80 Å². The zero-order valence-corrected chi connectivity index (χ0v) is 16.3. The van der Waals surface area contributed by atoms with E-state index in [0.29, 0.717) is 35.8 Å². The summed E-state index contributed by atoms with van der Waals surface area (Å²) in [6, 6.07) is 9.12. The van der Waals surface area contributed by atoms with Crippen molar-refractivity contribution in [2.45, 2.75) is 32.6 Å². The van der Waals surface area contributed by atoms with Gasteiger partial charge in [-0.25, -0.2) is 4.98 Å². The van der Waals surface area contributed by atoms with Crippen molar-refractivity contribution in [3.63, 3.8) is 0 Å². The van der Waals surface area contributed by atoms with E-state index in [1.807, 2.05) is 24.0 Å². The van der Waals surface area contributed by atoms with E-state index in [1.165, 1.54) is 12.8 Å². The first-order valence-corrected chi connectivity index (χ1v) is 10.1. The number of ketones is 1. The monoisotopic (exact) mass is 380 g/mol. The molecule has 4 rings (SSSR count). The van der Waals surface area contributed by atoms with Gasteiger partial charge in [-0.15, -0.1) is 0 Å². The number of nitrogens with zero attached hydrogens (tertiary/aromatic N) is 4. The summed E-state index contributed by atoms with van der Waals surface area (Å²) in [7, 11) is 0. The third-order valence-corrected chi connectivity index (χ3v) is 5.55. The molecule has 0 aromatic carbocycles. The van der Waals surface area contributed by atoms with Crippen molar-refractivity contribution in [2.24, 2.45) is 5.92 Å². The fourth-order valence-electron chi connectivity index (χ4n) is 3.68. The molecule has 6 nitrogen and oxygen atoms in total. The highest BCUT2D eigenvalue weighted by atomic mass is 16.2. The predicted molar refractivity (Wildman–Crippen MR) is 110 cm³/mol. The summed E-state index contributed by atoms with van der Waals surface area (Å²) < 4.78 is 0. The first kappa shape index (κ1) is 18.6. The number of hydrogen-bond donors (Lipinski definition) is 0. The van der Waals surface area contributed by atoms with Gasteiger partial charge in [0.05, 0.1) is 0 Å². The van der Waals surface area contributed by atoms with E-state index in [-0.39, 0.29) is 13.1 Å². The second-order valence-electron chi connectivity index (χ2n) is 7.72. The van der Waals surface area contributed by atoms with Gasteiger partial charge in [0.25, 0.3) is 0 Å². The van der Waals surface area contributed by atoms with Gasteiger partial charge >= 0.3 is 0 Å². The van der Waals surface area contributed by atoms with Gasteiger partial charge in [-0.3, -0.25) is 14.6 Å². The topological polar surface area (TPSA) is 66.4 Å². The van der Waals surface area contributed by atoms with Crippen LogP contribution >= 0.6 is 0 Å². The van der Waals surface area contributed by atoms with Crippen molar-refractivity contribution in [3.05, 3.63) is 53.5 Å². The number of anilines is 1. The highest BCUT2D eigenvalue weighted by molar-refractivity contribution is 6.08. The summed E-state index contributed by atoms with van der Waals surface area (Å²) in [6.45, 7) is 4.93. The maximum absolute atomic E-state index is 12.8. The van der Waals surface area contributed by atoms with Crippen LogP contribution in [0.5, 0.6) is 0 Å². The Hall–Kier alpha value is -2.76. The summed E-state index contributed by atoms with van der Waals surface area (Å²) in [5.41, 5.74) is 1.72. The van der Waals surface area contributed by atoms with Crippen LogP contribution in [0, 0.1) is 12.8 Å². The summed E-state index contributed by atoms with van der Waals surface area (Å²) in [6.07, 6.45) is 5.70. The SMILES string of the molecule is Cc1ncccc1C(=O)c1cccc(N2CCCN(C(=O)CC3CC3)CC2)n1.[HH]. The van der Waals surface area contributed by atoms with Crippen LogP contribution in [0.15, 0.2) is 36.5 Å². The number of amides is 1. The van der Waals surface area contributed by atoms with Crippen LogP contribution in [0.4, 0.5) is 5.82 Å². The predicted octanol–water partition coefficient (Wildman–Crippen LogP) is 3.10. The molecule has 148 valence electrons. The van der Waals surface area contributed by atoms with Crippen LogP contribution in [0.1, 0.15) is 48.9 Å². The van der Waals surface area contributed by atoms with Crippen LogP contribution in [-0.4, -0.2) is 52.7 Å². The largest absolute Gasteiger partial charge is 0.355 e. The summed E-state index contributed by atoms with van der Waals surface area (Å²) in [5, 5.41) is 0. The fourth-order valence-corrected chi connectivity index (χ4v) is 3.68. The van der Waals surface area contributed by atoms with E-state index >= 15 is 0 Å². The first-order valence-electron chi connectivity index (χ1n) is 10.1. The van der Waals surface area contributed by atoms with E-state index in [1.54, 1.807) is 24.4 Å². The summed E-state index contributed by atoms with van der Waals surface area (Å²) in [5.74, 6) is 1.59. The quantitative estimate of drug-likeness (QED) is 0.746. The number of carbonyl (C=O) groups is 2. The molecule has 0 N–H and O–H groups in total. The molecule has 1 saturated heterocycles. The third kappa shape index (κ3) is 4.21. The Morgan fingerprint density at radius 1 is 1.11 bits per heavy atom. The normalized spacial score (nSPS) is 17.3. The number of rotatable bonds is 5. The van der Waals surface area contributed by atoms with Gasteiger partial charge in [-0.1, -0.05) is 6.07 Å². The third-order valence-electron chi connectivity index (χ3n) is 5.55. The van der Waals surface area contributed by atoms with Gasteiger partial charge in [-0.2, -0.15) is 0 Å². The molecular weight excluding hydrogens is 352 g/mol. The average Bonchev–Trinajstić information content (AvgIpc) is 3.54. The molecule has 0 atom stereocenters. The summed E-state index contributed by atoms with van der Waals surface area (Å²) in [4.78, 5) is 38.3. The Bertz CT molecular complexity index is 885. The van der Waals surface area contributed by atoms with Crippen molar-refractivity contribution in [1.29, 1.82) is 0 Å². The lowest BCUT2D eigenvalue weighted by molar-refractivity contribution is -0.131. The van der Waals surface area contributed by atoms with Crippen molar-refractivity contribution < 1.29 is 11.0 Å². The Kier molecular flexibility index (Phi) is 5.37. The maximum Gasteiger partial charge on any atom is 0.222 e. The van der Waals surface area contributed by atoms with E-state index in [9.17, 15) is 9.59 Å². The maximum atomic E-state index is 12.8. The van der Waals surface area contributed by atoms with Gasteiger partial charge in [0, 0.05) is 51.5 Å². The number of carbonyl (C=O) groups excluding carboxylic acids is 2. The minimum atomic E-state index is -0.108. The minimum Gasteiger partial charge on any atom is -0.355 e. The molecule has 2 aliphatic rings. The number of hydrogen-bond acceptors (Lipinski definition) is 5. The summed E-state index contributed by atoms with van der Waals surface area (Å²) >= 11 is 0. The number of aromatic nitrogens is 2. The molecule has 2 aromatic heterocycles. The Balaban J connectivity index is 0.00000240. The molecule has 1 aliphatic carbocycles. The van der Waals surface area contributed by atoms with Crippen LogP contribution in [0.25, 0.3) is 0 Å². The highest BCUT2D eigenvalue weighted by Gasteiger charge is 2.28. The Morgan fingerprint density at radius 3 is 2.75 bits per heavy atom. The molecule has 1 amide bonds. The molecular formula is C22H28N4O2. The lowest BCUT2D eigenvalue weighted by Gasteiger charge is -2.23. The number of aryl methyl sites for hydroxylation is 1.